The van der Waals surface area contributed by atoms with Crippen molar-refractivity contribution in [1.82, 2.24) is 10.2 Å². The molecule has 4 unspecified atom stereocenters. The van der Waals surface area contributed by atoms with E-state index in [1.165, 1.54) is 81.1 Å². The van der Waals surface area contributed by atoms with E-state index in [0.717, 1.165) is 24.4 Å². The first kappa shape index (κ1) is 19.6. The van der Waals surface area contributed by atoms with Crippen molar-refractivity contribution in [2.75, 3.05) is 13.1 Å². The van der Waals surface area contributed by atoms with E-state index in [0.29, 0.717) is 17.2 Å². The van der Waals surface area contributed by atoms with E-state index in [4.69, 9.17) is 0 Å². The molecule has 1 aliphatic heterocycles. The average molecular weight is 429 g/mol. The lowest BCUT2D eigenvalue weighted by atomic mass is 9.44. The van der Waals surface area contributed by atoms with E-state index in [-0.39, 0.29) is 5.41 Å². The van der Waals surface area contributed by atoms with E-state index in [1.807, 2.05) is 6.07 Å². The largest absolute Gasteiger partial charge is 0.508 e. The monoisotopic (exact) mass is 428 g/mol. The molecule has 1 saturated heterocycles. The molecule has 3 heteroatoms. The van der Waals surface area contributed by atoms with E-state index < -0.39 is 0 Å². The Morgan fingerprint density at radius 3 is 2.72 bits per heavy atom. The summed E-state index contributed by atoms with van der Waals surface area (Å²) >= 11 is 0. The predicted octanol–water partition coefficient (Wildman–Crippen LogP) is 5.02. The molecule has 1 spiro atoms. The zero-order valence-electron chi connectivity index (χ0n) is 19.1. The molecule has 2 aromatic carbocycles. The molecule has 2 aromatic rings. The van der Waals surface area contributed by atoms with Crippen LogP contribution in [0.25, 0.3) is 0 Å². The first-order valence-electron chi connectivity index (χ1n) is 13.0. The van der Waals surface area contributed by atoms with Crippen LogP contribution in [0, 0.1) is 17.3 Å². The summed E-state index contributed by atoms with van der Waals surface area (Å²) in [5.74, 6) is 2.21. The highest BCUT2D eigenvalue weighted by molar-refractivity contribution is 5.50. The maximum Gasteiger partial charge on any atom is 0.115 e. The molecule has 0 radical (unpaired) electrons. The number of benzene rings is 2. The van der Waals surface area contributed by atoms with Crippen LogP contribution in [0.2, 0.25) is 0 Å². The van der Waals surface area contributed by atoms with Gasteiger partial charge in [0, 0.05) is 36.0 Å². The molecule has 4 fully saturated rings. The van der Waals surface area contributed by atoms with Gasteiger partial charge in [0.25, 0.3) is 0 Å². The van der Waals surface area contributed by atoms with Crippen LogP contribution in [0.1, 0.15) is 61.6 Å². The Labute approximate surface area is 192 Å². The minimum Gasteiger partial charge on any atom is -0.508 e. The van der Waals surface area contributed by atoms with Gasteiger partial charge >= 0.3 is 0 Å². The standard InChI is InChI=1S/C29H36N2O/c32-24-10-8-22-15-29-16-23-9-11-27(29)31(19-21-6-7-21)13-12-28(29,25(22)14-24)17-26(23)30-18-20-4-2-1-3-5-20/h1-5,8,10,14,21,23,26-27,30,32H,6-7,9,11-13,15-19H2/t23?,26-,27?,28?,29?/m1/s1. The summed E-state index contributed by atoms with van der Waals surface area (Å²) in [5.41, 5.74) is 5.03. The molecule has 0 aromatic heterocycles. The molecule has 4 aliphatic carbocycles. The minimum absolute atomic E-state index is 0.233. The molecule has 2 bridgehead atoms. The Balaban J connectivity index is 1.26. The summed E-state index contributed by atoms with van der Waals surface area (Å²) in [7, 11) is 0. The lowest BCUT2D eigenvalue weighted by molar-refractivity contribution is -0.128. The molecule has 2 N–H and O–H groups in total. The van der Waals surface area contributed by atoms with E-state index in [9.17, 15) is 5.11 Å². The molecule has 3 saturated carbocycles. The Kier molecular flexibility index (Phi) is 4.34. The van der Waals surface area contributed by atoms with Gasteiger partial charge in [-0.2, -0.15) is 0 Å². The summed E-state index contributed by atoms with van der Waals surface area (Å²) in [4.78, 5) is 2.93. The molecule has 5 atom stereocenters. The summed E-state index contributed by atoms with van der Waals surface area (Å²) in [5, 5.41) is 14.5. The van der Waals surface area contributed by atoms with Gasteiger partial charge in [-0.15, -0.1) is 0 Å². The highest BCUT2D eigenvalue weighted by atomic mass is 16.3. The fourth-order valence-corrected chi connectivity index (χ4v) is 8.64. The van der Waals surface area contributed by atoms with Gasteiger partial charge in [-0.1, -0.05) is 36.4 Å². The normalized spacial score (nSPS) is 37.7. The minimum atomic E-state index is 0.233. The summed E-state index contributed by atoms with van der Waals surface area (Å²) in [6, 6.07) is 18.5. The fraction of sp³-hybridized carbons (Fsp3) is 0.586. The van der Waals surface area contributed by atoms with Crippen LogP contribution in [-0.4, -0.2) is 35.2 Å². The van der Waals surface area contributed by atoms with Gasteiger partial charge < -0.3 is 10.4 Å². The van der Waals surface area contributed by atoms with Crippen LogP contribution in [0.5, 0.6) is 5.75 Å². The van der Waals surface area contributed by atoms with Gasteiger partial charge in [0.2, 0.25) is 0 Å². The van der Waals surface area contributed by atoms with Crippen LogP contribution < -0.4 is 5.32 Å². The van der Waals surface area contributed by atoms with Gasteiger partial charge in [0.15, 0.2) is 0 Å². The number of rotatable bonds is 5. The van der Waals surface area contributed by atoms with Crippen LogP contribution in [0.3, 0.4) is 0 Å². The SMILES string of the molecule is Oc1ccc2c(c1)C13CCN(CC4CC4)C4CCC(CC41C2)[C@H](NCc1ccccc1)C3. The maximum atomic E-state index is 10.5. The molecule has 5 aliphatic rings. The van der Waals surface area contributed by atoms with Crippen molar-refractivity contribution in [2.24, 2.45) is 17.3 Å². The number of piperidine rings is 1. The lowest BCUT2D eigenvalue weighted by Crippen LogP contribution is -2.69. The van der Waals surface area contributed by atoms with Crippen LogP contribution >= 0.6 is 0 Å². The first-order chi connectivity index (χ1) is 15.7. The number of phenolic OH excluding ortho intramolecular Hbond substituents is 1. The van der Waals surface area contributed by atoms with E-state index in [2.05, 4.69) is 52.7 Å². The zero-order valence-corrected chi connectivity index (χ0v) is 19.1. The second kappa shape index (κ2) is 7.08. The number of nitrogens with one attached hydrogen (secondary N) is 1. The number of nitrogens with zero attached hydrogens (tertiary/aromatic N) is 1. The van der Waals surface area contributed by atoms with Gasteiger partial charge in [0.05, 0.1) is 0 Å². The second-order valence-electron chi connectivity index (χ2n) is 11.7. The highest BCUT2D eigenvalue weighted by Crippen LogP contribution is 2.69. The number of aromatic hydroxyl groups is 1. The predicted molar refractivity (Wildman–Crippen MR) is 128 cm³/mol. The van der Waals surface area contributed by atoms with Gasteiger partial charge in [-0.3, -0.25) is 4.90 Å². The molecule has 0 amide bonds. The Morgan fingerprint density at radius 1 is 1.00 bits per heavy atom. The number of hydrogen-bond donors (Lipinski definition) is 2. The molecule has 32 heavy (non-hydrogen) atoms. The van der Waals surface area contributed by atoms with Crippen LogP contribution in [0.15, 0.2) is 48.5 Å². The summed E-state index contributed by atoms with van der Waals surface area (Å²) < 4.78 is 0. The van der Waals surface area contributed by atoms with Gasteiger partial charge in [-0.25, -0.2) is 0 Å². The third kappa shape index (κ3) is 2.80. The summed E-state index contributed by atoms with van der Waals surface area (Å²) in [6.07, 6.45) is 10.7. The van der Waals surface area contributed by atoms with Crippen molar-refractivity contribution in [3.8, 4) is 5.75 Å². The third-order valence-electron chi connectivity index (χ3n) is 10.1. The number of likely N-dealkylation sites (tertiary alicyclic amines) is 1. The van der Waals surface area contributed by atoms with Crippen molar-refractivity contribution in [3.63, 3.8) is 0 Å². The smallest absolute Gasteiger partial charge is 0.115 e. The van der Waals surface area contributed by atoms with Gasteiger partial charge in [0.1, 0.15) is 5.75 Å². The number of hydrogen-bond acceptors (Lipinski definition) is 3. The Hall–Kier alpha value is -1.84. The van der Waals surface area contributed by atoms with E-state index in [1.54, 1.807) is 0 Å². The van der Waals surface area contributed by atoms with Crippen LogP contribution in [0.4, 0.5) is 0 Å². The molecular formula is C29H36N2O. The fourth-order valence-electron chi connectivity index (χ4n) is 8.64. The highest BCUT2D eigenvalue weighted by Gasteiger charge is 2.68. The van der Waals surface area contributed by atoms with Crippen molar-refractivity contribution < 1.29 is 5.11 Å². The molecule has 168 valence electrons. The average Bonchev–Trinajstić information content (AvgIpc) is 3.59. The van der Waals surface area contributed by atoms with Crippen molar-refractivity contribution in [1.29, 1.82) is 0 Å². The topological polar surface area (TPSA) is 35.5 Å². The van der Waals surface area contributed by atoms with E-state index >= 15 is 0 Å². The van der Waals surface area contributed by atoms with Crippen molar-refractivity contribution >= 4 is 0 Å². The van der Waals surface area contributed by atoms with Crippen molar-refractivity contribution in [3.05, 3.63) is 65.2 Å². The Bertz CT molecular complexity index is 1020. The zero-order chi connectivity index (χ0) is 21.3. The van der Waals surface area contributed by atoms with Crippen LogP contribution in [-0.2, 0) is 18.4 Å². The maximum absolute atomic E-state index is 10.5. The quantitative estimate of drug-likeness (QED) is 0.702. The second-order valence-corrected chi connectivity index (χ2v) is 11.7. The third-order valence-corrected chi connectivity index (χ3v) is 10.1. The lowest BCUT2D eigenvalue weighted by Gasteiger charge is -2.66. The number of fused-ring (bicyclic) bond motifs is 2. The molecule has 1 heterocycles. The molecule has 7 rings (SSSR count). The molecular weight excluding hydrogens is 392 g/mol. The van der Waals surface area contributed by atoms with Gasteiger partial charge in [-0.05, 0) is 98.6 Å². The van der Waals surface area contributed by atoms with Crippen molar-refractivity contribution in [2.45, 2.75) is 75.4 Å². The first-order valence-corrected chi connectivity index (χ1v) is 13.0. The Morgan fingerprint density at radius 2 is 1.88 bits per heavy atom. The summed E-state index contributed by atoms with van der Waals surface area (Å²) in [6.45, 7) is 3.55. The molecule has 3 nitrogen and oxygen atoms in total. The number of phenols is 1.